The van der Waals surface area contributed by atoms with Gasteiger partial charge in [0.1, 0.15) is 5.75 Å². The number of rotatable bonds is 2. The molecule has 1 aromatic heterocycles. The Bertz CT molecular complexity index is 382. The van der Waals surface area contributed by atoms with Crippen LogP contribution in [-0.4, -0.2) is 37.8 Å². The van der Waals surface area contributed by atoms with Gasteiger partial charge in [-0.05, 0) is 18.9 Å². The molecule has 2 fully saturated rings. The number of ether oxygens (including phenoxy) is 1. The number of hydrogen-bond donors (Lipinski definition) is 1. The zero-order valence-electron chi connectivity index (χ0n) is 9.52. The molecule has 2 unspecified atom stereocenters. The Morgan fingerprint density at radius 2 is 2.38 bits per heavy atom. The van der Waals surface area contributed by atoms with Gasteiger partial charge in [0.25, 0.3) is 0 Å². The third-order valence-electron chi connectivity index (χ3n) is 3.58. The molecule has 2 aliphatic heterocycles. The molecule has 0 aliphatic carbocycles. The van der Waals surface area contributed by atoms with Crippen LogP contribution >= 0.6 is 0 Å². The molecule has 1 aromatic rings. The van der Waals surface area contributed by atoms with Crippen molar-refractivity contribution in [3.05, 3.63) is 18.5 Å². The number of fused-ring (bicyclic) bond motifs is 2. The molecule has 2 saturated heterocycles. The summed E-state index contributed by atoms with van der Waals surface area (Å²) >= 11 is 0. The average molecular weight is 219 g/mol. The number of nitrogens with zero attached hydrogens (tertiary/aromatic N) is 2. The van der Waals surface area contributed by atoms with Crippen LogP contribution in [0.3, 0.4) is 0 Å². The predicted octanol–water partition coefficient (Wildman–Crippen LogP) is 0.888. The van der Waals surface area contributed by atoms with Crippen LogP contribution in [0.1, 0.15) is 6.42 Å². The molecule has 0 aromatic carbocycles. The van der Waals surface area contributed by atoms with E-state index in [0.717, 1.165) is 31.3 Å². The molecular formula is C12H17N3O. The zero-order valence-corrected chi connectivity index (χ0v) is 9.52. The van der Waals surface area contributed by atoms with Crippen LogP contribution < -0.4 is 15.0 Å². The van der Waals surface area contributed by atoms with Crippen LogP contribution in [0.2, 0.25) is 0 Å². The molecule has 16 heavy (non-hydrogen) atoms. The van der Waals surface area contributed by atoms with E-state index >= 15 is 0 Å². The van der Waals surface area contributed by atoms with Gasteiger partial charge >= 0.3 is 0 Å². The van der Waals surface area contributed by atoms with E-state index in [-0.39, 0.29) is 0 Å². The number of pyridine rings is 1. The van der Waals surface area contributed by atoms with E-state index in [9.17, 15) is 0 Å². The van der Waals surface area contributed by atoms with Crippen LogP contribution in [0, 0.1) is 5.92 Å². The second kappa shape index (κ2) is 3.94. The molecule has 2 atom stereocenters. The van der Waals surface area contributed by atoms with Crippen LogP contribution in [0.5, 0.6) is 5.75 Å². The van der Waals surface area contributed by atoms with Gasteiger partial charge in [-0.25, -0.2) is 0 Å². The Balaban J connectivity index is 1.86. The van der Waals surface area contributed by atoms with E-state index in [1.165, 1.54) is 12.1 Å². The third kappa shape index (κ3) is 1.63. The SMILES string of the molecule is COc1cncc(N2CC3CNCC2C3)c1. The third-order valence-corrected chi connectivity index (χ3v) is 3.58. The lowest BCUT2D eigenvalue weighted by Crippen LogP contribution is -2.39. The van der Waals surface area contributed by atoms with Crippen molar-refractivity contribution < 1.29 is 4.74 Å². The molecule has 2 aliphatic rings. The highest BCUT2D eigenvalue weighted by Gasteiger charge is 2.35. The largest absolute Gasteiger partial charge is 0.495 e. The lowest BCUT2D eigenvalue weighted by atomic mass is 10.0. The molecular weight excluding hydrogens is 202 g/mol. The molecule has 3 heterocycles. The fourth-order valence-electron chi connectivity index (χ4n) is 2.80. The summed E-state index contributed by atoms with van der Waals surface area (Å²) in [4.78, 5) is 6.69. The topological polar surface area (TPSA) is 37.4 Å². The molecule has 4 nitrogen and oxygen atoms in total. The maximum absolute atomic E-state index is 5.22. The number of hydrogen-bond acceptors (Lipinski definition) is 4. The van der Waals surface area contributed by atoms with Crippen molar-refractivity contribution in [3.8, 4) is 5.75 Å². The predicted molar refractivity (Wildman–Crippen MR) is 62.9 cm³/mol. The van der Waals surface area contributed by atoms with Crippen molar-refractivity contribution in [2.24, 2.45) is 5.92 Å². The minimum Gasteiger partial charge on any atom is -0.495 e. The first-order chi connectivity index (χ1) is 7.86. The van der Waals surface area contributed by atoms with Crippen LogP contribution in [0.4, 0.5) is 5.69 Å². The Morgan fingerprint density at radius 3 is 3.19 bits per heavy atom. The molecule has 0 amide bonds. The monoisotopic (exact) mass is 219 g/mol. The Hall–Kier alpha value is -1.29. The minimum absolute atomic E-state index is 0.632. The molecule has 0 spiro atoms. The molecule has 2 bridgehead atoms. The van der Waals surface area contributed by atoms with E-state index in [2.05, 4.69) is 21.3 Å². The maximum atomic E-state index is 5.22. The standard InChI is InChI=1S/C12H17N3O/c1-16-12-3-11(6-14-7-12)15-8-9-2-10(15)5-13-4-9/h3,6-7,9-10,13H,2,4-5,8H2,1H3. The van der Waals surface area contributed by atoms with Gasteiger partial charge in [0.05, 0.1) is 25.2 Å². The van der Waals surface area contributed by atoms with Crippen molar-refractivity contribution in [3.63, 3.8) is 0 Å². The molecule has 1 N–H and O–H groups in total. The van der Waals surface area contributed by atoms with Gasteiger partial charge in [-0.15, -0.1) is 0 Å². The fourth-order valence-corrected chi connectivity index (χ4v) is 2.80. The molecule has 4 heteroatoms. The Morgan fingerprint density at radius 1 is 1.44 bits per heavy atom. The van der Waals surface area contributed by atoms with Gasteiger partial charge in [0, 0.05) is 25.2 Å². The fraction of sp³-hybridized carbons (Fsp3) is 0.583. The first-order valence-corrected chi connectivity index (χ1v) is 5.83. The average Bonchev–Trinajstić information content (AvgIpc) is 2.64. The first-order valence-electron chi connectivity index (χ1n) is 5.83. The van der Waals surface area contributed by atoms with E-state index in [0.29, 0.717) is 6.04 Å². The highest BCUT2D eigenvalue weighted by atomic mass is 16.5. The summed E-state index contributed by atoms with van der Waals surface area (Å²) < 4.78 is 5.22. The second-order valence-electron chi connectivity index (χ2n) is 4.65. The van der Waals surface area contributed by atoms with Crippen LogP contribution in [-0.2, 0) is 0 Å². The summed E-state index contributed by atoms with van der Waals surface area (Å²) in [6, 6.07) is 2.71. The van der Waals surface area contributed by atoms with Crippen molar-refractivity contribution >= 4 is 5.69 Å². The van der Waals surface area contributed by atoms with Gasteiger partial charge in [0.2, 0.25) is 0 Å². The smallest absolute Gasteiger partial charge is 0.139 e. The highest BCUT2D eigenvalue weighted by Crippen LogP contribution is 2.31. The van der Waals surface area contributed by atoms with Crippen LogP contribution in [0.25, 0.3) is 0 Å². The molecule has 0 saturated carbocycles. The zero-order chi connectivity index (χ0) is 11.0. The molecule has 0 radical (unpaired) electrons. The highest BCUT2D eigenvalue weighted by molar-refractivity contribution is 5.50. The van der Waals surface area contributed by atoms with E-state index in [1.807, 2.05) is 6.20 Å². The van der Waals surface area contributed by atoms with Gasteiger partial charge < -0.3 is 15.0 Å². The summed E-state index contributed by atoms with van der Waals surface area (Å²) in [6.07, 6.45) is 5.00. The van der Waals surface area contributed by atoms with E-state index in [4.69, 9.17) is 4.74 Å². The summed E-state index contributed by atoms with van der Waals surface area (Å²) in [7, 11) is 1.69. The lowest BCUT2D eigenvalue weighted by molar-refractivity contribution is 0.412. The second-order valence-corrected chi connectivity index (χ2v) is 4.65. The van der Waals surface area contributed by atoms with Crippen molar-refractivity contribution in [2.75, 3.05) is 31.6 Å². The molecule has 86 valence electrons. The number of aromatic nitrogens is 1. The number of piperidine rings is 1. The number of methoxy groups -OCH3 is 1. The quantitative estimate of drug-likeness (QED) is 0.801. The van der Waals surface area contributed by atoms with Crippen molar-refractivity contribution in [1.82, 2.24) is 10.3 Å². The normalized spacial score (nSPS) is 28.2. The Labute approximate surface area is 95.6 Å². The van der Waals surface area contributed by atoms with Crippen molar-refractivity contribution in [2.45, 2.75) is 12.5 Å². The minimum atomic E-state index is 0.632. The summed E-state index contributed by atoms with van der Waals surface area (Å²) in [5.74, 6) is 1.64. The van der Waals surface area contributed by atoms with E-state index < -0.39 is 0 Å². The Kier molecular flexibility index (Phi) is 2.44. The summed E-state index contributed by atoms with van der Waals surface area (Å²) in [5, 5.41) is 3.48. The van der Waals surface area contributed by atoms with Gasteiger partial charge in [-0.1, -0.05) is 0 Å². The maximum Gasteiger partial charge on any atom is 0.139 e. The summed E-state index contributed by atoms with van der Waals surface area (Å²) in [5.41, 5.74) is 1.19. The summed E-state index contributed by atoms with van der Waals surface area (Å²) in [6.45, 7) is 3.39. The first kappa shape index (κ1) is 9.90. The lowest BCUT2D eigenvalue weighted by Gasteiger charge is -2.26. The van der Waals surface area contributed by atoms with Crippen molar-refractivity contribution in [1.29, 1.82) is 0 Å². The van der Waals surface area contributed by atoms with E-state index in [1.54, 1.807) is 13.3 Å². The van der Waals surface area contributed by atoms with Crippen LogP contribution in [0.15, 0.2) is 18.5 Å². The van der Waals surface area contributed by atoms with Gasteiger partial charge in [0.15, 0.2) is 0 Å². The van der Waals surface area contributed by atoms with Gasteiger partial charge in [-0.2, -0.15) is 0 Å². The molecule has 3 rings (SSSR count). The number of nitrogens with one attached hydrogen (secondary N) is 1. The number of anilines is 1. The van der Waals surface area contributed by atoms with Gasteiger partial charge in [-0.3, -0.25) is 4.98 Å².